The molecule has 0 amide bonds. The lowest BCUT2D eigenvalue weighted by atomic mass is 10.4. The maximum absolute atomic E-state index is 5.13. The van der Waals surface area contributed by atoms with Crippen LogP contribution >= 0.6 is 35.9 Å². The summed E-state index contributed by atoms with van der Waals surface area (Å²) in [6.45, 7) is 0. The van der Waals surface area contributed by atoms with Crippen LogP contribution in [-0.2, 0) is 11.1 Å². The SMILES string of the molecule is S=C1SN=S=C1Sc1ccccc1. The Morgan fingerprint density at radius 1 is 1.23 bits per heavy atom. The number of thioether (sulfide) groups is 1. The first kappa shape index (κ1) is 9.45. The van der Waals surface area contributed by atoms with Crippen LogP contribution in [0, 0.1) is 0 Å². The number of nitrogens with zero attached hydrogens (tertiary/aromatic N) is 1. The Kier molecular flexibility index (Phi) is 3.21. The van der Waals surface area contributed by atoms with Gasteiger partial charge in [-0.1, -0.05) is 42.2 Å². The molecule has 0 aliphatic carbocycles. The van der Waals surface area contributed by atoms with E-state index in [1.165, 1.54) is 28.0 Å². The molecular formula is C8H5NS4. The van der Waals surface area contributed by atoms with Gasteiger partial charge in [0.15, 0.2) is 0 Å². The van der Waals surface area contributed by atoms with E-state index < -0.39 is 0 Å². The van der Waals surface area contributed by atoms with Crippen molar-refractivity contribution in [2.24, 2.45) is 3.77 Å². The summed E-state index contributed by atoms with van der Waals surface area (Å²) in [7, 11) is 0. The van der Waals surface area contributed by atoms with Gasteiger partial charge in [0.1, 0.15) is 8.39 Å². The summed E-state index contributed by atoms with van der Waals surface area (Å²) in [5.41, 5.74) is 0. The van der Waals surface area contributed by atoms with Crippen LogP contribution in [0.25, 0.3) is 0 Å². The zero-order valence-corrected chi connectivity index (χ0v) is 9.73. The Labute approximate surface area is 94.2 Å². The largest absolute Gasteiger partial charge is 0.153 e. The van der Waals surface area contributed by atoms with Crippen molar-refractivity contribution in [1.82, 2.24) is 0 Å². The Hall–Kier alpha value is -0.100. The van der Waals surface area contributed by atoms with E-state index >= 15 is 0 Å². The Bertz CT molecular complexity index is 392. The second-order valence-electron chi connectivity index (χ2n) is 2.25. The fourth-order valence-electron chi connectivity index (χ4n) is 0.817. The van der Waals surface area contributed by atoms with E-state index in [-0.39, 0.29) is 0 Å². The van der Waals surface area contributed by atoms with Crippen molar-refractivity contribution in [1.29, 1.82) is 0 Å². The molecule has 1 aliphatic rings. The highest BCUT2D eigenvalue weighted by atomic mass is 32.2. The molecule has 0 bridgehead atoms. The van der Waals surface area contributed by atoms with E-state index in [4.69, 9.17) is 12.2 Å². The number of thiocarbonyl (C=S) groups is 1. The summed E-state index contributed by atoms with van der Waals surface area (Å²) in [5, 5.41) is 0. The van der Waals surface area contributed by atoms with E-state index in [2.05, 4.69) is 15.9 Å². The second kappa shape index (κ2) is 4.41. The maximum Gasteiger partial charge on any atom is 0.120 e. The number of hydrogen-bond acceptors (Lipinski definition) is 4. The fourth-order valence-corrected chi connectivity index (χ4v) is 3.93. The molecule has 1 heterocycles. The Balaban J connectivity index is 2.16. The lowest BCUT2D eigenvalue weighted by molar-refractivity contribution is 1.48. The van der Waals surface area contributed by atoms with Gasteiger partial charge in [-0.15, -0.1) is 0 Å². The van der Waals surface area contributed by atoms with Gasteiger partial charge in [0.05, 0.1) is 0 Å². The van der Waals surface area contributed by atoms with Crippen molar-refractivity contribution < 1.29 is 0 Å². The Morgan fingerprint density at radius 2 is 2.00 bits per heavy atom. The van der Waals surface area contributed by atoms with Crippen LogP contribution in [0.5, 0.6) is 0 Å². The topological polar surface area (TPSA) is 12.4 Å². The van der Waals surface area contributed by atoms with Gasteiger partial charge in [-0.05, 0) is 23.3 Å². The van der Waals surface area contributed by atoms with Crippen LogP contribution in [0.15, 0.2) is 39.0 Å². The van der Waals surface area contributed by atoms with Gasteiger partial charge in [-0.25, -0.2) is 0 Å². The van der Waals surface area contributed by atoms with Gasteiger partial charge < -0.3 is 0 Å². The van der Waals surface area contributed by atoms with Crippen LogP contribution in [0.4, 0.5) is 0 Å². The van der Waals surface area contributed by atoms with Gasteiger partial charge >= 0.3 is 0 Å². The van der Waals surface area contributed by atoms with E-state index in [1.807, 2.05) is 18.2 Å². The molecule has 1 aromatic rings. The molecule has 66 valence electrons. The second-order valence-corrected chi connectivity index (χ2v) is 6.03. The van der Waals surface area contributed by atoms with E-state index in [1.54, 1.807) is 11.8 Å². The molecule has 1 aromatic carbocycles. The molecule has 5 heteroatoms. The molecule has 0 unspecified atom stereocenters. The highest BCUT2D eigenvalue weighted by Gasteiger charge is 2.11. The third kappa shape index (κ3) is 2.43. The molecule has 13 heavy (non-hydrogen) atoms. The average Bonchev–Trinajstić information content (AvgIpc) is 2.54. The molecule has 0 saturated heterocycles. The number of benzene rings is 1. The summed E-state index contributed by atoms with van der Waals surface area (Å²) in [6.07, 6.45) is 0. The predicted octanol–water partition coefficient (Wildman–Crippen LogP) is 3.16. The molecule has 2 rings (SSSR count). The first-order valence-electron chi connectivity index (χ1n) is 3.55. The monoisotopic (exact) mass is 243 g/mol. The van der Waals surface area contributed by atoms with Gasteiger partial charge in [0, 0.05) is 16.8 Å². The van der Waals surface area contributed by atoms with Crippen LogP contribution in [-0.4, -0.2) is 8.39 Å². The van der Waals surface area contributed by atoms with Crippen molar-refractivity contribution in [2.45, 2.75) is 4.90 Å². The molecule has 0 N–H and O–H groups in total. The summed E-state index contributed by atoms with van der Waals surface area (Å²) in [6, 6.07) is 10.2. The van der Waals surface area contributed by atoms with Crippen LogP contribution in [0.3, 0.4) is 0 Å². The number of hydrogen-bond donors (Lipinski definition) is 0. The molecule has 1 nitrogen and oxygen atoms in total. The van der Waals surface area contributed by atoms with Crippen LogP contribution in [0.1, 0.15) is 0 Å². The predicted molar refractivity (Wildman–Crippen MR) is 67.3 cm³/mol. The molecule has 0 radical (unpaired) electrons. The van der Waals surface area contributed by atoms with Crippen molar-refractivity contribution >= 4 is 55.5 Å². The van der Waals surface area contributed by atoms with Crippen molar-refractivity contribution in [3.05, 3.63) is 30.3 Å². The van der Waals surface area contributed by atoms with E-state index in [9.17, 15) is 0 Å². The van der Waals surface area contributed by atoms with Gasteiger partial charge in [-0.2, -0.15) is 3.77 Å². The summed E-state index contributed by atoms with van der Waals surface area (Å²) in [5.74, 6) is 0. The number of rotatable bonds is 1. The zero-order valence-electron chi connectivity index (χ0n) is 6.47. The third-order valence-corrected chi connectivity index (χ3v) is 5.01. The van der Waals surface area contributed by atoms with Crippen LogP contribution in [0.2, 0.25) is 0 Å². The highest BCUT2D eigenvalue weighted by molar-refractivity contribution is 8.39. The Morgan fingerprint density at radius 3 is 2.62 bits per heavy atom. The maximum atomic E-state index is 5.13. The first-order chi connectivity index (χ1) is 6.36. The van der Waals surface area contributed by atoms with Gasteiger partial charge in [0.25, 0.3) is 0 Å². The molecule has 0 saturated carbocycles. The minimum Gasteiger partial charge on any atom is -0.153 e. The quantitative estimate of drug-likeness (QED) is 0.555. The lowest BCUT2D eigenvalue weighted by Gasteiger charge is -1.98. The summed E-state index contributed by atoms with van der Waals surface area (Å²) < 4.78 is 6.08. The van der Waals surface area contributed by atoms with Crippen molar-refractivity contribution in [3.63, 3.8) is 0 Å². The molecule has 0 atom stereocenters. The molecule has 0 spiro atoms. The normalized spacial score (nSPS) is 15.4. The minimum absolute atomic E-state index is 0.888. The average molecular weight is 243 g/mol. The van der Waals surface area contributed by atoms with Crippen molar-refractivity contribution in [3.8, 4) is 0 Å². The zero-order chi connectivity index (χ0) is 9.10. The minimum atomic E-state index is 0.888. The molecule has 0 fully saturated rings. The summed E-state index contributed by atoms with van der Waals surface area (Å²) in [4.78, 5) is 1.21. The molecule has 1 aliphatic heterocycles. The standard InChI is InChI=1S/C8H5NS4/c10-7-8(13-9-12-7)11-6-4-2-1-3-5-6/h1-5H. The van der Waals surface area contributed by atoms with Gasteiger partial charge in [0.2, 0.25) is 0 Å². The van der Waals surface area contributed by atoms with Gasteiger partial charge in [-0.3, -0.25) is 0 Å². The summed E-state index contributed by atoms with van der Waals surface area (Å²) >= 11 is 9.67. The van der Waals surface area contributed by atoms with E-state index in [0.717, 1.165) is 8.39 Å². The van der Waals surface area contributed by atoms with Crippen molar-refractivity contribution in [2.75, 3.05) is 0 Å². The third-order valence-electron chi connectivity index (χ3n) is 1.36. The smallest absolute Gasteiger partial charge is 0.120 e. The van der Waals surface area contributed by atoms with Crippen LogP contribution < -0.4 is 0 Å². The lowest BCUT2D eigenvalue weighted by Crippen LogP contribution is -1.97. The highest BCUT2D eigenvalue weighted by Crippen LogP contribution is 2.25. The fraction of sp³-hybridized carbons (Fsp3) is 0. The molecular weight excluding hydrogens is 238 g/mol. The molecule has 0 aromatic heterocycles. The first-order valence-corrected chi connectivity index (χ1v) is 6.32. The van der Waals surface area contributed by atoms with E-state index in [0.29, 0.717) is 0 Å².